The normalized spacial score (nSPS) is 10.7. The molecule has 27 heavy (non-hydrogen) atoms. The minimum atomic E-state index is 0.188. The van der Waals surface area contributed by atoms with Crippen molar-refractivity contribution >= 4 is 11.5 Å². The van der Waals surface area contributed by atoms with E-state index in [1.807, 2.05) is 61.5 Å². The third-order valence-electron chi connectivity index (χ3n) is 4.50. The van der Waals surface area contributed by atoms with Gasteiger partial charge in [-0.1, -0.05) is 30.3 Å². The number of hydrogen-bond acceptors (Lipinski definition) is 5. The van der Waals surface area contributed by atoms with Gasteiger partial charge in [0.1, 0.15) is 23.2 Å². The molecule has 0 atom stereocenters. The van der Waals surface area contributed by atoms with Gasteiger partial charge in [-0.25, -0.2) is 9.50 Å². The third-order valence-corrected chi connectivity index (χ3v) is 4.50. The van der Waals surface area contributed by atoms with Crippen molar-refractivity contribution in [1.29, 1.82) is 5.26 Å². The van der Waals surface area contributed by atoms with Crippen LogP contribution in [0, 0.1) is 18.3 Å². The van der Waals surface area contributed by atoms with Crippen molar-refractivity contribution in [2.45, 2.75) is 6.92 Å². The summed E-state index contributed by atoms with van der Waals surface area (Å²) < 4.78 is 6.93. The van der Waals surface area contributed by atoms with Crippen molar-refractivity contribution in [3.8, 4) is 34.2 Å². The van der Waals surface area contributed by atoms with Gasteiger partial charge < -0.3 is 10.5 Å². The predicted molar refractivity (Wildman–Crippen MR) is 104 cm³/mol. The number of fused-ring (bicyclic) bond motifs is 1. The molecule has 2 N–H and O–H groups in total. The fourth-order valence-electron chi connectivity index (χ4n) is 3.24. The second-order valence-electron chi connectivity index (χ2n) is 6.12. The third kappa shape index (κ3) is 2.66. The fraction of sp³-hybridized carbons (Fsp3) is 0.0952. The molecule has 2 heterocycles. The van der Waals surface area contributed by atoms with Crippen molar-refractivity contribution in [2.75, 3.05) is 12.8 Å². The van der Waals surface area contributed by atoms with Gasteiger partial charge in [0.15, 0.2) is 5.65 Å². The minimum Gasteiger partial charge on any atom is -0.497 e. The summed E-state index contributed by atoms with van der Waals surface area (Å²) in [6.45, 7) is 1.93. The van der Waals surface area contributed by atoms with E-state index in [1.54, 1.807) is 11.6 Å². The zero-order valence-corrected chi connectivity index (χ0v) is 15.0. The zero-order chi connectivity index (χ0) is 19.0. The van der Waals surface area contributed by atoms with E-state index in [2.05, 4.69) is 16.2 Å². The summed E-state index contributed by atoms with van der Waals surface area (Å²) in [5.41, 5.74) is 11.2. The topological polar surface area (TPSA) is 89.2 Å². The minimum absolute atomic E-state index is 0.188. The lowest BCUT2D eigenvalue weighted by Crippen LogP contribution is -2.05. The molecule has 0 radical (unpaired) electrons. The molecule has 2 aromatic heterocycles. The molecule has 0 saturated heterocycles. The molecule has 0 spiro atoms. The first-order chi connectivity index (χ1) is 13.1. The van der Waals surface area contributed by atoms with E-state index in [9.17, 15) is 5.26 Å². The number of methoxy groups -OCH3 is 1. The number of ether oxygens (including phenoxy) is 1. The molecular formula is C21H17N5O. The first-order valence-electron chi connectivity index (χ1n) is 8.42. The summed E-state index contributed by atoms with van der Waals surface area (Å²) in [4.78, 5) is 4.49. The first-order valence-corrected chi connectivity index (χ1v) is 8.42. The van der Waals surface area contributed by atoms with E-state index >= 15 is 0 Å². The van der Waals surface area contributed by atoms with Crippen molar-refractivity contribution in [3.05, 3.63) is 65.9 Å². The molecule has 132 valence electrons. The monoisotopic (exact) mass is 355 g/mol. The summed E-state index contributed by atoms with van der Waals surface area (Å²) in [6, 6.07) is 19.5. The fourth-order valence-corrected chi connectivity index (χ4v) is 3.24. The molecule has 0 saturated carbocycles. The number of hydrogen-bond donors (Lipinski definition) is 1. The Kier molecular flexibility index (Phi) is 3.98. The maximum atomic E-state index is 9.68. The summed E-state index contributed by atoms with van der Waals surface area (Å²) >= 11 is 0. The zero-order valence-electron chi connectivity index (χ0n) is 15.0. The van der Waals surface area contributed by atoms with Gasteiger partial charge in [0.25, 0.3) is 0 Å². The highest BCUT2D eigenvalue weighted by Gasteiger charge is 2.21. The average Bonchev–Trinajstić information content (AvgIpc) is 3.03. The molecule has 6 heteroatoms. The van der Waals surface area contributed by atoms with Gasteiger partial charge in [0.05, 0.1) is 18.5 Å². The van der Waals surface area contributed by atoms with E-state index < -0.39 is 0 Å². The maximum Gasteiger partial charge on any atom is 0.166 e. The highest BCUT2D eigenvalue weighted by molar-refractivity contribution is 5.85. The lowest BCUT2D eigenvalue weighted by atomic mass is 10.0. The molecule has 4 aromatic rings. The number of rotatable bonds is 3. The van der Waals surface area contributed by atoms with Crippen LogP contribution in [0.25, 0.3) is 28.0 Å². The SMILES string of the molecule is COc1ccc(-c2c(C#N)c(N)nc3c(-c4ccccc4)c(C)nn23)cc1. The van der Waals surface area contributed by atoms with Crippen LogP contribution in [0.2, 0.25) is 0 Å². The molecule has 2 aromatic carbocycles. The Hall–Kier alpha value is -3.85. The second-order valence-corrected chi connectivity index (χ2v) is 6.12. The number of nitrogens with zero attached hydrogens (tertiary/aromatic N) is 4. The Bertz CT molecular complexity index is 1170. The Morgan fingerprint density at radius 1 is 1.04 bits per heavy atom. The van der Waals surface area contributed by atoms with Crippen LogP contribution in [-0.2, 0) is 0 Å². The van der Waals surface area contributed by atoms with Crippen LogP contribution in [-0.4, -0.2) is 21.7 Å². The van der Waals surface area contributed by atoms with Gasteiger partial charge in [0.2, 0.25) is 0 Å². The summed E-state index contributed by atoms with van der Waals surface area (Å²) in [5.74, 6) is 0.921. The van der Waals surface area contributed by atoms with Gasteiger partial charge in [-0.05, 0) is 36.8 Å². The smallest absolute Gasteiger partial charge is 0.166 e. The largest absolute Gasteiger partial charge is 0.497 e. The molecule has 0 aliphatic carbocycles. The van der Waals surface area contributed by atoms with Gasteiger partial charge in [0, 0.05) is 11.1 Å². The van der Waals surface area contributed by atoms with Gasteiger partial charge in [-0.3, -0.25) is 0 Å². The van der Waals surface area contributed by atoms with Crippen LogP contribution < -0.4 is 10.5 Å². The number of benzene rings is 2. The van der Waals surface area contributed by atoms with Crippen LogP contribution in [0.4, 0.5) is 5.82 Å². The number of anilines is 1. The van der Waals surface area contributed by atoms with Crippen LogP contribution >= 0.6 is 0 Å². The Labute approximate surface area is 156 Å². The van der Waals surface area contributed by atoms with Gasteiger partial charge in [-0.15, -0.1) is 0 Å². The van der Waals surface area contributed by atoms with E-state index in [4.69, 9.17) is 10.5 Å². The molecule has 0 aliphatic heterocycles. The number of aryl methyl sites for hydroxylation is 1. The first kappa shape index (κ1) is 16.6. The van der Waals surface area contributed by atoms with Gasteiger partial charge >= 0.3 is 0 Å². The standard InChI is InChI=1S/C21H17N5O/c1-13-18(14-6-4-3-5-7-14)21-24-20(23)17(12-22)19(26(21)25-13)15-8-10-16(27-2)11-9-15/h3-11H,1-2H3,(H2,23,24). The highest BCUT2D eigenvalue weighted by Crippen LogP contribution is 2.34. The number of aromatic nitrogens is 3. The van der Waals surface area contributed by atoms with Crippen molar-refractivity contribution < 1.29 is 4.74 Å². The van der Waals surface area contributed by atoms with E-state index in [0.717, 1.165) is 28.1 Å². The highest BCUT2D eigenvalue weighted by atomic mass is 16.5. The van der Waals surface area contributed by atoms with Crippen molar-refractivity contribution in [3.63, 3.8) is 0 Å². The van der Waals surface area contributed by atoms with E-state index in [0.29, 0.717) is 16.9 Å². The molecule has 6 nitrogen and oxygen atoms in total. The van der Waals surface area contributed by atoms with Crippen molar-refractivity contribution in [2.24, 2.45) is 0 Å². The van der Waals surface area contributed by atoms with E-state index in [1.165, 1.54) is 0 Å². The quantitative estimate of drug-likeness (QED) is 0.603. The summed E-state index contributed by atoms with van der Waals surface area (Å²) in [5, 5.41) is 14.4. The molecule has 0 fully saturated rings. The van der Waals surface area contributed by atoms with Crippen LogP contribution in [0.1, 0.15) is 11.3 Å². The Morgan fingerprint density at radius 2 is 1.74 bits per heavy atom. The molecule has 0 bridgehead atoms. The molecule has 4 rings (SSSR count). The lowest BCUT2D eigenvalue weighted by Gasteiger charge is -2.10. The maximum absolute atomic E-state index is 9.68. The summed E-state index contributed by atoms with van der Waals surface area (Å²) in [7, 11) is 1.61. The number of nitriles is 1. The predicted octanol–water partition coefficient (Wildman–Crippen LogP) is 3.83. The summed E-state index contributed by atoms with van der Waals surface area (Å²) in [6.07, 6.45) is 0. The van der Waals surface area contributed by atoms with Gasteiger partial charge in [-0.2, -0.15) is 10.4 Å². The Balaban J connectivity index is 2.07. The van der Waals surface area contributed by atoms with Crippen LogP contribution in [0.15, 0.2) is 54.6 Å². The van der Waals surface area contributed by atoms with Crippen LogP contribution in [0.3, 0.4) is 0 Å². The molecule has 0 aliphatic rings. The molecular weight excluding hydrogens is 338 g/mol. The lowest BCUT2D eigenvalue weighted by molar-refractivity contribution is 0.415. The number of nitrogens with two attached hydrogens (primary N) is 1. The molecule has 0 unspecified atom stereocenters. The average molecular weight is 355 g/mol. The second kappa shape index (κ2) is 6.46. The Morgan fingerprint density at radius 3 is 2.37 bits per heavy atom. The molecule has 0 amide bonds. The van der Waals surface area contributed by atoms with Crippen LogP contribution in [0.5, 0.6) is 5.75 Å². The number of nitrogen functional groups attached to an aromatic ring is 1. The van der Waals surface area contributed by atoms with E-state index in [-0.39, 0.29) is 5.82 Å². The van der Waals surface area contributed by atoms with Crippen molar-refractivity contribution in [1.82, 2.24) is 14.6 Å².